The molecule has 0 aliphatic rings. The highest BCUT2D eigenvalue weighted by Crippen LogP contribution is 2.22. The largest absolute Gasteiger partial charge is 0.443 e. The number of nitrogens with zero attached hydrogens (tertiary/aromatic N) is 1. The molecule has 0 amide bonds. The van der Waals surface area contributed by atoms with E-state index in [0.717, 1.165) is 0 Å². The number of furan rings is 1. The molecule has 1 heterocycles. The lowest BCUT2D eigenvalue weighted by molar-refractivity contribution is -0.376. The number of nitro groups is 1. The van der Waals surface area contributed by atoms with Crippen LogP contribution in [0.5, 0.6) is 0 Å². The molecular formula is C6H3Br2NO3. The summed E-state index contributed by atoms with van der Waals surface area (Å²) in [5.74, 6) is 0.212. The Bertz CT molecular complexity index is 331. The van der Waals surface area contributed by atoms with Gasteiger partial charge >= 0.3 is 5.70 Å². The average Bonchev–Trinajstić information content (AvgIpc) is 2.37. The Labute approximate surface area is 84.7 Å². The van der Waals surface area contributed by atoms with Gasteiger partial charge in [0.1, 0.15) is 0 Å². The van der Waals surface area contributed by atoms with E-state index in [1.54, 1.807) is 6.07 Å². The van der Waals surface area contributed by atoms with Gasteiger partial charge in [-0.3, -0.25) is 10.1 Å². The molecule has 0 atom stereocenters. The minimum absolute atomic E-state index is 0.110. The van der Waals surface area contributed by atoms with E-state index in [2.05, 4.69) is 31.9 Å². The maximum Gasteiger partial charge on any atom is 0.318 e. The first-order valence-electron chi connectivity index (χ1n) is 2.85. The van der Waals surface area contributed by atoms with E-state index in [-0.39, 0.29) is 11.5 Å². The van der Waals surface area contributed by atoms with Crippen molar-refractivity contribution in [3.05, 3.63) is 37.7 Å². The molecule has 0 radical (unpaired) electrons. The lowest BCUT2D eigenvalue weighted by Gasteiger charge is -1.90. The Morgan fingerprint density at radius 3 is 2.67 bits per heavy atom. The van der Waals surface area contributed by atoms with Crippen molar-refractivity contribution in [2.75, 3.05) is 0 Å². The van der Waals surface area contributed by atoms with Crippen LogP contribution < -0.4 is 0 Å². The molecule has 0 unspecified atom stereocenters. The lowest BCUT2D eigenvalue weighted by Crippen LogP contribution is -1.94. The van der Waals surface area contributed by atoms with Crippen molar-refractivity contribution in [3.63, 3.8) is 0 Å². The molecule has 0 bridgehead atoms. The zero-order chi connectivity index (χ0) is 9.14. The van der Waals surface area contributed by atoms with Crippen LogP contribution in [0.25, 0.3) is 5.70 Å². The van der Waals surface area contributed by atoms with Crippen LogP contribution in [-0.4, -0.2) is 4.92 Å². The predicted octanol–water partition coefficient (Wildman–Crippen LogP) is 3.01. The molecule has 0 spiro atoms. The minimum atomic E-state index is -0.528. The van der Waals surface area contributed by atoms with Gasteiger partial charge in [0.25, 0.3) is 0 Å². The van der Waals surface area contributed by atoms with Crippen LogP contribution in [0, 0.1) is 10.1 Å². The second-order valence-corrected chi connectivity index (χ2v) is 3.09. The van der Waals surface area contributed by atoms with Crippen molar-refractivity contribution in [2.24, 2.45) is 0 Å². The van der Waals surface area contributed by atoms with Gasteiger partial charge in [0.2, 0.25) is 5.76 Å². The molecule has 0 N–H and O–H groups in total. The second kappa shape index (κ2) is 3.86. The first-order valence-corrected chi connectivity index (χ1v) is 4.56. The van der Waals surface area contributed by atoms with Crippen molar-refractivity contribution < 1.29 is 9.34 Å². The van der Waals surface area contributed by atoms with Crippen molar-refractivity contribution in [1.29, 1.82) is 0 Å². The third-order valence-corrected chi connectivity index (χ3v) is 1.99. The predicted molar refractivity (Wildman–Crippen MR) is 50.3 cm³/mol. The van der Waals surface area contributed by atoms with Crippen LogP contribution in [0.2, 0.25) is 0 Å². The Hall–Kier alpha value is -0.620. The number of hydrogen-bond donors (Lipinski definition) is 0. The number of rotatable bonds is 2. The molecule has 1 rings (SSSR count). The summed E-state index contributed by atoms with van der Waals surface area (Å²) in [7, 11) is 0. The molecule has 0 aliphatic carbocycles. The zero-order valence-corrected chi connectivity index (χ0v) is 8.83. The molecule has 12 heavy (non-hydrogen) atoms. The van der Waals surface area contributed by atoms with Gasteiger partial charge in [0.15, 0.2) is 4.67 Å². The minimum Gasteiger partial charge on any atom is -0.443 e. The summed E-state index contributed by atoms with van der Waals surface area (Å²) in [6.45, 7) is 0. The van der Waals surface area contributed by atoms with Gasteiger partial charge in [-0.15, -0.1) is 0 Å². The molecule has 0 aliphatic heterocycles. The summed E-state index contributed by atoms with van der Waals surface area (Å²) in [4.78, 5) is 11.1. The van der Waals surface area contributed by atoms with Gasteiger partial charge in [-0.2, -0.15) is 0 Å². The van der Waals surface area contributed by atoms with Crippen LogP contribution in [0.3, 0.4) is 0 Å². The van der Waals surface area contributed by atoms with E-state index >= 15 is 0 Å². The molecule has 4 nitrogen and oxygen atoms in total. The maximum atomic E-state index is 10.4. The number of halogens is 2. The van der Waals surface area contributed by atoms with E-state index in [4.69, 9.17) is 4.42 Å². The van der Waals surface area contributed by atoms with Crippen molar-refractivity contribution in [1.82, 2.24) is 0 Å². The van der Waals surface area contributed by atoms with Crippen LogP contribution in [0.1, 0.15) is 5.76 Å². The number of hydrogen-bond acceptors (Lipinski definition) is 3. The Balaban J connectivity index is 3.04. The fourth-order valence-corrected chi connectivity index (χ4v) is 1.33. The van der Waals surface area contributed by atoms with Crippen LogP contribution >= 0.6 is 31.9 Å². The van der Waals surface area contributed by atoms with E-state index < -0.39 is 4.92 Å². The summed E-state index contributed by atoms with van der Waals surface area (Å²) in [6, 6.07) is 3.11. The second-order valence-electron chi connectivity index (χ2n) is 1.86. The van der Waals surface area contributed by atoms with Crippen LogP contribution in [0.15, 0.2) is 26.2 Å². The summed E-state index contributed by atoms with van der Waals surface area (Å²) in [6.07, 6.45) is 0. The van der Waals surface area contributed by atoms with Gasteiger partial charge in [0.05, 0.1) is 9.91 Å². The Morgan fingerprint density at radius 2 is 2.33 bits per heavy atom. The van der Waals surface area contributed by atoms with Gasteiger partial charge in [-0.05, 0) is 28.1 Å². The van der Waals surface area contributed by atoms with Gasteiger partial charge < -0.3 is 4.42 Å². The molecule has 1 aromatic rings. The van der Waals surface area contributed by atoms with Gasteiger partial charge in [-0.25, -0.2) is 0 Å². The van der Waals surface area contributed by atoms with E-state index in [0.29, 0.717) is 4.67 Å². The Kier molecular flexibility index (Phi) is 3.05. The fraction of sp³-hybridized carbons (Fsp3) is 0. The van der Waals surface area contributed by atoms with Crippen molar-refractivity contribution in [2.45, 2.75) is 0 Å². The first-order chi connectivity index (χ1) is 5.65. The van der Waals surface area contributed by atoms with E-state index in [9.17, 15) is 10.1 Å². The highest BCUT2D eigenvalue weighted by Gasteiger charge is 2.16. The summed E-state index contributed by atoms with van der Waals surface area (Å²) < 4.78 is 5.44. The molecule has 6 heteroatoms. The average molecular weight is 297 g/mol. The van der Waals surface area contributed by atoms with Crippen LogP contribution in [-0.2, 0) is 0 Å². The van der Waals surface area contributed by atoms with E-state index in [1.807, 2.05) is 0 Å². The molecule has 0 saturated heterocycles. The topological polar surface area (TPSA) is 56.3 Å². The molecule has 0 saturated carbocycles. The molecule has 64 valence electrons. The van der Waals surface area contributed by atoms with Crippen molar-refractivity contribution >= 4 is 37.6 Å². The standard InChI is InChI=1S/C6H3Br2NO3/c7-3-4(9(10)11)5-1-2-6(8)12-5/h1-3H. The highest BCUT2D eigenvalue weighted by atomic mass is 79.9. The van der Waals surface area contributed by atoms with Crippen LogP contribution in [0.4, 0.5) is 0 Å². The summed E-state index contributed by atoms with van der Waals surface area (Å²) >= 11 is 5.93. The zero-order valence-electron chi connectivity index (χ0n) is 5.66. The Morgan fingerprint density at radius 1 is 1.67 bits per heavy atom. The third-order valence-electron chi connectivity index (χ3n) is 1.13. The maximum absolute atomic E-state index is 10.4. The molecule has 0 fully saturated rings. The van der Waals surface area contributed by atoms with Gasteiger partial charge in [-0.1, -0.05) is 15.9 Å². The summed E-state index contributed by atoms with van der Waals surface area (Å²) in [5, 5.41) is 10.4. The molecule has 1 aromatic heterocycles. The lowest BCUT2D eigenvalue weighted by atomic mass is 10.4. The van der Waals surface area contributed by atoms with E-state index in [1.165, 1.54) is 11.1 Å². The first kappa shape index (κ1) is 9.47. The SMILES string of the molecule is O=[N+]([O-])C(=CBr)c1ccc(Br)o1. The third kappa shape index (κ3) is 1.95. The smallest absolute Gasteiger partial charge is 0.318 e. The fourth-order valence-electron chi connectivity index (χ4n) is 0.636. The normalized spacial score (nSPS) is 11.7. The van der Waals surface area contributed by atoms with Gasteiger partial charge in [0, 0.05) is 0 Å². The summed E-state index contributed by atoms with van der Waals surface area (Å²) in [5.41, 5.74) is -0.110. The van der Waals surface area contributed by atoms with Crippen molar-refractivity contribution in [3.8, 4) is 0 Å². The quantitative estimate of drug-likeness (QED) is 0.623. The molecule has 0 aromatic carbocycles. The monoisotopic (exact) mass is 295 g/mol. The molecular weight excluding hydrogens is 294 g/mol. The highest BCUT2D eigenvalue weighted by molar-refractivity contribution is 9.11.